The van der Waals surface area contributed by atoms with Gasteiger partial charge in [0.25, 0.3) is 0 Å². The minimum Gasteiger partial charge on any atom is -0.422 e. The number of ether oxygens (including phenoxy) is 2. The van der Waals surface area contributed by atoms with Gasteiger partial charge in [-0.1, -0.05) is 41.9 Å². The number of hydrogen-bond acceptors (Lipinski definition) is 6. The van der Waals surface area contributed by atoms with Gasteiger partial charge < -0.3 is 9.47 Å². The number of esters is 1. The zero-order chi connectivity index (χ0) is 24.6. The zero-order valence-corrected chi connectivity index (χ0v) is 21.3. The molecule has 1 fully saturated rings. The maximum atomic E-state index is 13.4. The van der Waals surface area contributed by atoms with Gasteiger partial charge in [-0.3, -0.25) is 4.90 Å². The standard InChI is InChI=1S/C28H24ClN3O3S/c1-18-23-16-26(36-27(23)32(30-18)21-9-7-20(29)8-10-21)28(33)35-25-11-6-19-4-2-3-5-22(19)24(25)17-31-12-14-34-15-13-31/h2-11,16H,12-15,17H2,1H3. The van der Waals surface area contributed by atoms with Crippen molar-refractivity contribution in [1.82, 2.24) is 14.7 Å². The van der Waals surface area contributed by atoms with Crippen LogP contribution in [0.4, 0.5) is 0 Å². The quantitative estimate of drug-likeness (QED) is 0.203. The van der Waals surface area contributed by atoms with Gasteiger partial charge in [-0.15, -0.1) is 11.3 Å². The van der Waals surface area contributed by atoms with Crippen molar-refractivity contribution in [3.8, 4) is 11.4 Å². The lowest BCUT2D eigenvalue weighted by Gasteiger charge is -2.27. The van der Waals surface area contributed by atoms with E-state index >= 15 is 0 Å². The molecule has 1 aliphatic rings. The Morgan fingerprint density at radius 2 is 1.83 bits per heavy atom. The molecule has 36 heavy (non-hydrogen) atoms. The molecule has 182 valence electrons. The number of aryl methyl sites for hydroxylation is 1. The first kappa shape index (κ1) is 23.2. The maximum Gasteiger partial charge on any atom is 0.353 e. The average molecular weight is 518 g/mol. The molecule has 0 atom stereocenters. The van der Waals surface area contributed by atoms with E-state index < -0.39 is 0 Å². The van der Waals surface area contributed by atoms with Gasteiger partial charge in [-0.2, -0.15) is 5.10 Å². The molecule has 0 N–H and O–H groups in total. The topological polar surface area (TPSA) is 56.6 Å². The van der Waals surface area contributed by atoms with Crippen molar-refractivity contribution >= 4 is 49.9 Å². The summed E-state index contributed by atoms with van der Waals surface area (Å²) in [6.07, 6.45) is 0. The third-order valence-electron chi connectivity index (χ3n) is 6.50. The molecule has 6 nitrogen and oxygen atoms in total. The molecule has 0 aliphatic carbocycles. The Balaban J connectivity index is 1.34. The molecule has 2 aromatic heterocycles. The summed E-state index contributed by atoms with van der Waals surface area (Å²) in [5, 5.41) is 8.49. The van der Waals surface area contributed by atoms with E-state index in [2.05, 4.69) is 22.1 Å². The lowest BCUT2D eigenvalue weighted by Crippen LogP contribution is -2.35. The second kappa shape index (κ2) is 9.67. The van der Waals surface area contributed by atoms with Gasteiger partial charge in [0.15, 0.2) is 0 Å². The normalized spacial score (nSPS) is 14.5. The van der Waals surface area contributed by atoms with E-state index in [1.807, 2.05) is 66.2 Å². The monoisotopic (exact) mass is 517 g/mol. The molecule has 1 aliphatic heterocycles. The molecular formula is C28H24ClN3O3S. The van der Waals surface area contributed by atoms with Gasteiger partial charge in [0.2, 0.25) is 0 Å². The number of nitrogens with zero attached hydrogens (tertiary/aromatic N) is 3. The second-order valence-corrected chi connectivity index (χ2v) is 10.3. The third-order valence-corrected chi connectivity index (χ3v) is 7.85. The fourth-order valence-electron chi connectivity index (χ4n) is 4.61. The number of rotatable bonds is 5. The molecule has 0 amide bonds. The molecule has 0 unspecified atom stereocenters. The number of benzene rings is 3. The van der Waals surface area contributed by atoms with Crippen LogP contribution in [-0.4, -0.2) is 47.0 Å². The van der Waals surface area contributed by atoms with E-state index in [0.29, 0.717) is 35.4 Å². The first-order valence-electron chi connectivity index (χ1n) is 11.8. The first-order valence-corrected chi connectivity index (χ1v) is 13.0. The molecule has 0 bridgehead atoms. The Morgan fingerprint density at radius 3 is 2.64 bits per heavy atom. The van der Waals surface area contributed by atoms with Crippen molar-refractivity contribution in [3.05, 3.63) is 87.9 Å². The minimum absolute atomic E-state index is 0.364. The fourth-order valence-corrected chi connectivity index (χ4v) is 5.80. The fraction of sp³-hybridized carbons (Fsp3) is 0.214. The number of halogens is 1. The van der Waals surface area contributed by atoms with E-state index in [1.165, 1.54) is 11.3 Å². The van der Waals surface area contributed by atoms with Crippen LogP contribution in [0.25, 0.3) is 26.7 Å². The summed E-state index contributed by atoms with van der Waals surface area (Å²) >= 11 is 7.44. The largest absolute Gasteiger partial charge is 0.422 e. The number of thiophene rings is 1. The zero-order valence-electron chi connectivity index (χ0n) is 19.7. The van der Waals surface area contributed by atoms with E-state index in [4.69, 9.17) is 21.1 Å². The molecule has 6 rings (SSSR count). The number of aromatic nitrogens is 2. The van der Waals surface area contributed by atoms with Crippen molar-refractivity contribution in [2.75, 3.05) is 26.3 Å². The Kier molecular flexibility index (Phi) is 6.23. The Morgan fingerprint density at radius 1 is 1.06 bits per heavy atom. The van der Waals surface area contributed by atoms with Gasteiger partial charge >= 0.3 is 5.97 Å². The Hall–Kier alpha value is -3.23. The molecule has 3 aromatic carbocycles. The maximum absolute atomic E-state index is 13.4. The van der Waals surface area contributed by atoms with Gasteiger partial charge in [0.05, 0.1) is 24.6 Å². The third kappa shape index (κ3) is 4.40. The minimum atomic E-state index is -0.364. The van der Waals surface area contributed by atoms with Crippen LogP contribution in [0, 0.1) is 6.92 Å². The molecule has 5 aromatic rings. The molecule has 0 saturated carbocycles. The van der Waals surface area contributed by atoms with Gasteiger partial charge in [0.1, 0.15) is 15.5 Å². The van der Waals surface area contributed by atoms with Crippen molar-refractivity contribution < 1.29 is 14.3 Å². The van der Waals surface area contributed by atoms with Crippen LogP contribution >= 0.6 is 22.9 Å². The van der Waals surface area contributed by atoms with Crippen molar-refractivity contribution in [1.29, 1.82) is 0 Å². The SMILES string of the molecule is Cc1nn(-c2ccc(Cl)cc2)c2sc(C(=O)Oc3ccc4ccccc4c3CN3CCOCC3)cc12. The average Bonchev–Trinajstić information content (AvgIpc) is 3.47. The summed E-state index contributed by atoms with van der Waals surface area (Å²) in [5.74, 6) is 0.232. The van der Waals surface area contributed by atoms with E-state index in [9.17, 15) is 4.79 Å². The summed E-state index contributed by atoms with van der Waals surface area (Å²) in [7, 11) is 0. The Labute approximate surface area is 217 Å². The predicted octanol–water partition coefficient (Wildman–Crippen LogP) is 6.25. The number of carbonyl (C=O) groups is 1. The summed E-state index contributed by atoms with van der Waals surface area (Å²) in [6, 6.07) is 21.5. The molecule has 3 heterocycles. The highest BCUT2D eigenvalue weighted by Gasteiger charge is 2.22. The second-order valence-electron chi connectivity index (χ2n) is 8.84. The molecule has 1 saturated heterocycles. The van der Waals surface area contributed by atoms with Crippen LogP contribution < -0.4 is 4.74 Å². The Bertz CT molecular complexity index is 1570. The molecule has 0 spiro atoms. The lowest BCUT2D eigenvalue weighted by molar-refractivity contribution is 0.0339. The summed E-state index contributed by atoms with van der Waals surface area (Å²) in [4.78, 5) is 17.2. The van der Waals surface area contributed by atoms with Crippen LogP contribution in [0.5, 0.6) is 5.75 Å². The van der Waals surface area contributed by atoms with Gasteiger partial charge in [-0.05, 0) is 54.1 Å². The van der Waals surface area contributed by atoms with Crippen LogP contribution in [-0.2, 0) is 11.3 Å². The van der Waals surface area contributed by atoms with Crippen LogP contribution in [0.3, 0.4) is 0 Å². The van der Waals surface area contributed by atoms with Crippen molar-refractivity contribution in [2.45, 2.75) is 13.5 Å². The van der Waals surface area contributed by atoms with Crippen LogP contribution in [0.1, 0.15) is 20.9 Å². The molecular weight excluding hydrogens is 494 g/mol. The highest BCUT2D eigenvalue weighted by atomic mass is 35.5. The predicted molar refractivity (Wildman–Crippen MR) is 144 cm³/mol. The van der Waals surface area contributed by atoms with Crippen molar-refractivity contribution in [2.24, 2.45) is 0 Å². The van der Waals surface area contributed by atoms with E-state index in [0.717, 1.165) is 51.0 Å². The number of fused-ring (bicyclic) bond motifs is 2. The van der Waals surface area contributed by atoms with Crippen LogP contribution in [0.15, 0.2) is 66.7 Å². The van der Waals surface area contributed by atoms with Gasteiger partial charge in [-0.25, -0.2) is 9.48 Å². The number of morpholine rings is 1. The van der Waals surface area contributed by atoms with E-state index in [-0.39, 0.29) is 5.97 Å². The van der Waals surface area contributed by atoms with Crippen LogP contribution in [0.2, 0.25) is 5.02 Å². The lowest BCUT2D eigenvalue weighted by atomic mass is 10.0. The number of hydrogen-bond donors (Lipinski definition) is 0. The first-order chi connectivity index (χ1) is 17.6. The molecule has 8 heteroatoms. The smallest absolute Gasteiger partial charge is 0.353 e. The summed E-state index contributed by atoms with van der Waals surface area (Å²) in [6.45, 7) is 5.78. The number of carbonyl (C=O) groups excluding carboxylic acids is 1. The highest BCUT2D eigenvalue weighted by Crippen LogP contribution is 2.34. The summed E-state index contributed by atoms with van der Waals surface area (Å²) in [5.41, 5.74) is 2.77. The van der Waals surface area contributed by atoms with E-state index in [1.54, 1.807) is 0 Å². The summed E-state index contributed by atoms with van der Waals surface area (Å²) < 4.78 is 13.4. The van der Waals surface area contributed by atoms with Gasteiger partial charge in [0, 0.05) is 35.6 Å². The molecule has 0 radical (unpaired) electrons. The highest BCUT2D eigenvalue weighted by molar-refractivity contribution is 7.20. The van der Waals surface area contributed by atoms with Crippen molar-refractivity contribution in [3.63, 3.8) is 0 Å².